The maximum atomic E-state index is 13.9. The Bertz CT molecular complexity index is 1390. The van der Waals surface area contributed by atoms with E-state index in [1.54, 1.807) is 18.9 Å². The standard InChI is InChI=1S/C29H39F3N6O7S/c1-4-36(2)26(41)25(29(43)7-9-37(10-8-29)28(42)33-16-5-6-16)46-27-24(44-3)22(23(40)20(14-39)45-27)38-13-19(34-35-38)15-11-17(30)21(32)18(31)12-15/h11-13,16,20,22-25,27,39-40,43H,4-10,14H2,1-3H3,(H,33,42)/t20-,22+,23+,24-,25?,27+/m1/s1. The first-order valence-corrected chi connectivity index (χ1v) is 16.1. The van der Waals surface area contributed by atoms with Gasteiger partial charge in [-0.2, -0.15) is 0 Å². The second kappa shape index (κ2) is 14.0. The molecule has 17 heteroatoms. The molecule has 0 bridgehead atoms. The molecule has 3 aliphatic rings. The maximum Gasteiger partial charge on any atom is 0.317 e. The predicted molar refractivity (Wildman–Crippen MR) is 159 cm³/mol. The summed E-state index contributed by atoms with van der Waals surface area (Å²) in [5.74, 6) is -4.84. The summed E-state index contributed by atoms with van der Waals surface area (Å²) in [6, 6.07) is 0.414. The van der Waals surface area contributed by atoms with Crippen LogP contribution in [0.15, 0.2) is 18.3 Å². The first-order chi connectivity index (χ1) is 21.9. The van der Waals surface area contributed by atoms with E-state index in [4.69, 9.17) is 9.47 Å². The first-order valence-electron chi connectivity index (χ1n) is 15.1. The zero-order chi connectivity index (χ0) is 33.3. The van der Waals surface area contributed by atoms with Gasteiger partial charge >= 0.3 is 6.03 Å². The van der Waals surface area contributed by atoms with E-state index in [2.05, 4.69) is 15.6 Å². The number of aliphatic hydroxyl groups excluding tert-OH is 2. The summed E-state index contributed by atoms with van der Waals surface area (Å²) in [6.45, 7) is 1.97. The number of piperidine rings is 1. The molecule has 0 spiro atoms. The van der Waals surface area contributed by atoms with Gasteiger partial charge in [0, 0.05) is 45.4 Å². The summed E-state index contributed by atoms with van der Waals surface area (Å²) in [5, 5.41) is 43.1. The molecule has 2 aromatic rings. The van der Waals surface area contributed by atoms with E-state index in [9.17, 15) is 38.1 Å². The van der Waals surface area contributed by atoms with Gasteiger partial charge in [-0.15, -0.1) is 16.9 Å². The number of benzene rings is 1. The van der Waals surface area contributed by atoms with Crippen LogP contribution in [0.4, 0.5) is 18.0 Å². The number of rotatable bonds is 10. The van der Waals surface area contributed by atoms with Crippen molar-refractivity contribution in [2.24, 2.45) is 0 Å². The molecule has 1 aromatic heterocycles. The largest absolute Gasteiger partial charge is 0.394 e. The highest BCUT2D eigenvalue weighted by molar-refractivity contribution is 8.01. The van der Waals surface area contributed by atoms with Gasteiger partial charge in [-0.05, 0) is 44.7 Å². The number of ether oxygens (including phenoxy) is 2. The SMILES string of the molecule is CCN(C)C(=O)C(S[C@@H]1O[C@H](CO)[C@H](O)[C@H](n2cc(-c3cc(F)c(F)c(F)c3)nn2)[C@H]1OC)C1(O)CCN(C(=O)NC2CC2)CC1. The van der Waals surface area contributed by atoms with Crippen LogP contribution in [0, 0.1) is 17.5 Å². The molecular weight excluding hydrogens is 633 g/mol. The number of nitrogens with zero attached hydrogens (tertiary/aromatic N) is 5. The minimum absolute atomic E-state index is 0.0273. The van der Waals surface area contributed by atoms with E-state index < -0.39 is 64.7 Å². The Morgan fingerprint density at radius 1 is 1.24 bits per heavy atom. The summed E-state index contributed by atoms with van der Waals surface area (Å²) in [4.78, 5) is 29.5. The van der Waals surface area contributed by atoms with E-state index >= 15 is 0 Å². The van der Waals surface area contributed by atoms with Gasteiger partial charge in [-0.1, -0.05) is 5.21 Å². The van der Waals surface area contributed by atoms with Crippen molar-refractivity contribution >= 4 is 23.7 Å². The Labute approximate surface area is 268 Å². The summed E-state index contributed by atoms with van der Waals surface area (Å²) < 4.78 is 54.4. The van der Waals surface area contributed by atoms with Crippen LogP contribution in [0.1, 0.15) is 38.6 Å². The molecule has 2 aliphatic heterocycles. The highest BCUT2D eigenvalue weighted by Crippen LogP contribution is 2.43. The topological polar surface area (TPSA) is 163 Å². The lowest BCUT2D eigenvalue weighted by atomic mass is 9.87. The van der Waals surface area contributed by atoms with Crippen molar-refractivity contribution in [3.63, 3.8) is 0 Å². The fourth-order valence-corrected chi connectivity index (χ4v) is 7.43. The number of aliphatic hydroxyl groups is 3. The molecule has 3 fully saturated rings. The van der Waals surface area contributed by atoms with Crippen molar-refractivity contribution in [1.29, 1.82) is 0 Å². The number of halogens is 3. The molecule has 254 valence electrons. The van der Waals surface area contributed by atoms with Gasteiger partial charge in [-0.25, -0.2) is 22.6 Å². The monoisotopic (exact) mass is 672 g/mol. The van der Waals surface area contributed by atoms with Gasteiger partial charge in [0.1, 0.15) is 40.7 Å². The van der Waals surface area contributed by atoms with Crippen LogP contribution in [0.5, 0.6) is 0 Å². The average Bonchev–Trinajstić information content (AvgIpc) is 3.73. The van der Waals surface area contributed by atoms with Crippen LogP contribution in [0.25, 0.3) is 11.3 Å². The molecule has 0 radical (unpaired) electrons. The van der Waals surface area contributed by atoms with Crippen LogP contribution in [0.3, 0.4) is 0 Å². The number of urea groups is 1. The normalized spacial score (nSPS) is 26.9. The average molecular weight is 673 g/mol. The lowest BCUT2D eigenvalue weighted by Gasteiger charge is -2.47. The minimum atomic E-state index is -1.63. The van der Waals surface area contributed by atoms with E-state index in [-0.39, 0.29) is 55.2 Å². The number of aromatic nitrogens is 3. The summed E-state index contributed by atoms with van der Waals surface area (Å²) >= 11 is 0.982. The number of nitrogens with one attached hydrogen (secondary N) is 1. The van der Waals surface area contributed by atoms with Gasteiger partial charge in [0.15, 0.2) is 17.5 Å². The van der Waals surface area contributed by atoms with Crippen LogP contribution in [-0.4, -0.2) is 133 Å². The van der Waals surface area contributed by atoms with Gasteiger partial charge in [-0.3, -0.25) is 4.79 Å². The molecule has 3 heterocycles. The molecule has 1 saturated carbocycles. The molecule has 3 amide bonds. The number of carbonyl (C=O) groups excluding carboxylic acids is 2. The molecule has 4 N–H and O–H groups in total. The molecule has 2 saturated heterocycles. The van der Waals surface area contributed by atoms with E-state index in [1.165, 1.54) is 22.9 Å². The third kappa shape index (κ3) is 6.99. The van der Waals surface area contributed by atoms with Crippen LogP contribution in [0.2, 0.25) is 0 Å². The van der Waals surface area contributed by atoms with Crippen molar-refractivity contribution in [1.82, 2.24) is 30.1 Å². The Morgan fingerprint density at radius 3 is 2.46 bits per heavy atom. The molecule has 1 unspecified atom stereocenters. The lowest BCUT2D eigenvalue weighted by molar-refractivity contribution is -0.186. The molecule has 1 aliphatic carbocycles. The Balaban J connectivity index is 1.41. The van der Waals surface area contributed by atoms with Crippen molar-refractivity contribution in [3.05, 3.63) is 35.8 Å². The molecule has 5 rings (SSSR count). The zero-order valence-electron chi connectivity index (χ0n) is 25.7. The number of hydrogen-bond acceptors (Lipinski definition) is 10. The van der Waals surface area contributed by atoms with Gasteiger partial charge in [0.2, 0.25) is 5.91 Å². The number of likely N-dealkylation sites (tertiary alicyclic amines) is 1. The van der Waals surface area contributed by atoms with Crippen molar-refractivity contribution in [3.8, 4) is 11.3 Å². The van der Waals surface area contributed by atoms with Gasteiger partial charge in [0.05, 0.1) is 18.4 Å². The van der Waals surface area contributed by atoms with Crippen molar-refractivity contribution < 1.29 is 47.6 Å². The number of hydrogen-bond donors (Lipinski definition) is 4. The Hall–Kier alpha value is -2.96. The van der Waals surface area contributed by atoms with Crippen LogP contribution < -0.4 is 5.32 Å². The highest BCUT2D eigenvalue weighted by Gasteiger charge is 2.53. The second-order valence-electron chi connectivity index (χ2n) is 11.9. The quantitative estimate of drug-likeness (QED) is 0.271. The van der Waals surface area contributed by atoms with Crippen molar-refractivity contribution in [2.45, 2.75) is 79.3 Å². The molecule has 6 atom stereocenters. The van der Waals surface area contributed by atoms with Crippen molar-refractivity contribution in [2.75, 3.05) is 40.4 Å². The summed E-state index contributed by atoms with van der Waals surface area (Å²) in [5.41, 5.74) is -2.71. The Kier molecular flexibility index (Phi) is 10.5. The number of carbonyl (C=O) groups is 2. The predicted octanol–water partition coefficient (Wildman–Crippen LogP) is 1.28. The fourth-order valence-electron chi connectivity index (χ4n) is 5.74. The second-order valence-corrected chi connectivity index (χ2v) is 13.1. The van der Waals surface area contributed by atoms with E-state index in [0.29, 0.717) is 6.54 Å². The maximum absolute atomic E-state index is 13.9. The van der Waals surface area contributed by atoms with Gasteiger partial charge in [0.25, 0.3) is 0 Å². The van der Waals surface area contributed by atoms with E-state index in [0.717, 1.165) is 36.7 Å². The third-order valence-corrected chi connectivity index (χ3v) is 10.4. The summed E-state index contributed by atoms with van der Waals surface area (Å²) in [7, 11) is 2.96. The third-order valence-electron chi connectivity index (χ3n) is 8.85. The highest BCUT2D eigenvalue weighted by atomic mass is 32.2. The zero-order valence-corrected chi connectivity index (χ0v) is 26.5. The number of thioether (sulfide) groups is 1. The lowest BCUT2D eigenvalue weighted by Crippen LogP contribution is -2.60. The van der Waals surface area contributed by atoms with Crippen LogP contribution >= 0.6 is 11.8 Å². The van der Waals surface area contributed by atoms with Gasteiger partial charge < -0.3 is 39.9 Å². The molecular formula is C29H39F3N6O7S. The smallest absolute Gasteiger partial charge is 0.317 e. The molecule has 1 aromatic carbocycles. The number of methoxy groups -OCH3 is 1. The molecule has 13 nitrogen and oxygen atoms in total. The first kappa shape index (κ1) is 34.4. The number of amides is 3. The fraction of sp³-hybridized carbons (Fsp3) is 0.655. The summed E-state index contributed by atoms with van der Waals surface area (Å²) in [6.07, 6.45) is -0.230. The Morgan fingerprint density at radius 2 is 1.89 bits per heavy atom. The van der Waals surface area contributed by atoms with Crippen LogP contribution in [-0.2, 0) is 14.3 Å². The molecule has 46 heavy (non-hydrogen) atoms. The minimum Gasteiger partial charge on any atom is -0.394 e. The van der Waals surface area contributed by atoms with E-state index in [1.807, 2.05) is 0 Å².